The molecule has 1 heterocycles. The minimum absolute atomic E-state index is 0.0178. The SMILES string of the molecule is O=C(c1cc(Cl)ccc1Br)N1CCCCCC1CO. The molecule has 0 aliphatic carbocycles. The first-order valence-corrected chi connectivity index (χ1v) is 7.67. The van der Waals surface area contributed by atoms with E-state index in [0.29, 0.717) is 17.1 Å². The molecule has 1 amide bonds. The zero-order valence-corrected chi connectivity index (χ0v) is 13.0. The van der Waals surface area contributed by atoms with Gasteiger partial charge in [-0.05, 0) is 47.0 Å². The minimum Gasteiger partial charge on any atom is -0.394 e. The Hall–Kier alpha value is -0.580. The van der Waals surface area contributed by atoms with Crippen molar-refractivity contribution in [2.45, 2.75) is 31.7 Å². The second-order valence-electron chi connectivity index (χ2n) is 4.81. The van der Waals surface area contributed by atoms with Crippen LogP contribution in [-0.4, -0.2) is 35.1 Å². The maximum Gasteiger partial charge on any atom is 0.255 e. The van der Waals surface area contributed by atoms with E-state index in [1.807, 2.05) is 0 Å². The zero-order chi connectivity index (χ0) is 13.8. The first kappa shape index (κ1) is 14.8. The molecule has 0 saturated carbocycles. The molecular formula is C14H17BrClNO2. The van der Waals surface area contributed by atoms with Crippen molar-refractivity contribution in [2.75, 3.05) is 13.2 Å². The van der Waals surface area contributed by atoms with Gasteiger partial charge in [-0.2, -0.15) is 0 Å². The molecule has 1 aliphatic rings. The lowest BCUT2D eigenvalue weighted by molar-refractivity contribution is 0.0599. The van der Waals surface area contributed by atoms with Crippen molar-refractivity contribution in [2.24, 2.45) is 0 Å². The van der Waals surface area contributed by atoms with Gasteiger partial charge < -0.3 is 10.0 Å². The van der Waals surface area contributed by atoms with Crippen molar-refractivity contribution in [3.05, 3.63) is 33.3 Å². The number of hydrogen-bond acceptors (Lipinski definition) is 2. The molecule has 0 spiro atoms. The fourth-order valence-electron chi connectivity index (χ4n) is 2.45. The minimum atomic E-state index is -0.0825. The molecule has 2 rings (SSSR count). The summed E-state index contributed by atoms with van der Waals surface area (Å²) in [6.07, 6.45) is 4.02. The fraction of sp³-hybridized carbons (Fsp3) is 0.500. The quantitative estimate of drug-likeness (QED) is 0.890. The number of hydrogen-bond donors (Lipinski definition) is 1. The standard InChI is InChI=1S/C14H17BrClNO2/c15-13-6-5-10(16)8-12(13)14(19)17-7-3-1-2-4-11(17)9-18/h5-6,8,11,18H,1-4,7,9H2. The molecule has 1 aromatic rings. The Labute approximate surface area is 126 Å². The average molecular weight is 347 g/mol. The Morgan fingerprint density at radius 1 is 1.42 bits per heavy atom. The summed E-state index contributed by atoms with van der Waals surface area (Å²) in [6, 6.07) is 5.11. The molecular weight excluding hydrogens is 330 g/mol. The Morgan fingerprint density at radius 2 is 2.21 bits per heavy atom. The number of carbonyl (C=O) groups excluding carboxylic acids is 1. The van der Waals surface area contributed by atoms with Crippen molar-refractivity contribution in [3.63, 3.8) is 0 Å². The summed E-state index contributed by atoms with van der Waals surface area (Å²) in [4.78, 5) is 14.4. The summed E-state index contributed by atoms with van der Waals surface area (Å²) < 4.78 is 0.739. The number of likely N-dealkylation sites (tertiary alicyclic amines) is 1. The number of benzene rings is 1. The van der Waals surface area contributed by atoms with E-state index in [4.69, 9.17) is 11.6 Å². The molecule has 1 atom stereocenters. The van der Waals surface area contributed by atoms with Crippen molar-refractivity contribution < 1.29 is 9.90 Å². The summed E-state index contributed by atoms with van der Waals surface area (Å²) in [5.41, 5.74) is 0.563. The predicted octanol–water partition coefficient (Wildman–Crippen LogP) is 3.48. The van der Waals surface area contributed by atoms with Gasteiger partial charge in [-0.3, -0.25) is 4.79 Å². The lowest BCUT2D eigenvalue weighted by Crippen LogP contribution is -2.42. The van der Waals surface area contributed by atoms with Gasteiger partial charge in [0, 0.05) is 16.0 Å². The summed E-state index contributed by atoms with van der Waals surface area (Å²) in [7, 11) is 0. The lowest BCUT2D eigenvalue weighted by Gasteiger charge is -2.29. The van der Waals surface area contributed by atoms with E-state index in [0.717, 1.165) is 30.2 Å². The second-order valence-corrected chi connectivity index (χ2v) is 6.10. The molecule has 1 aromatic carbocycles. The molecule has 1 N–H and O–H groups in total. The number of nitrogens with zero attached hydrogens (tertiary/aromatic N) is 1. The van der Waals surface area contributed by atoms with E-state index < -0.39 is 0 Å². The number of amides is 1. The monoisotopic (exact) mass is 345 g/mol. The molecule has 3 nitrogen and oxygen atoms in total. The number of aliphatic hydroxyl groups excluding tert-OH is 1. The van der Waals surface area contributed by atoms with Crippen LogP contribution in [0.3, 0.4) is 0 Å². The van der Waals surface area contributed by atoms with E-state index in [1.165, 1.54) is 0 Å². The topological polar surface area (TPSA) is 40.5 Å². The summed E-state index contributed by atoms with van der Waals surface area (Å²) >= 11 is 9.35. The van der Waals surface area contributed by atoms with E-state index in [-0.39, 0.29) is 18.6 Å². The summed E-state index contributed by atoms with van der Waals surface area (Å²) in [6.45, 7) is 0.715. The maximum atomic E-state index is 12.6. The summed E-state index contributed by atoms with van der Waals surface area (Å²) in [5, 5.41) is 10.0. The van der Waals surface area contributed by atoms with Crippen molar-refractivity contribution in [1.82, 2.24) is 4.90 Å². The average Bonchev–Trinajstić information content (AvgIpc) is 2.65. The Morgan fingerprint density at radius 3 is 2.95 bits per heavy atom. The molecule has 1 unspecified atom stereocenters. The van der Waals surface area contributed by atoms with Crippen LogP contribution < -0.4 is 0 Å². The van der Waals surface area contributed by atoms with Crippen LogP contribution in [0.25, 0.3) is 0 Å². The Bertz CT molecular complexity index is 467. The maximum absolute atomic E-state index is 12.6. The van der Waals surface area contributed by atoms with Gasteiger partial charge in [-0.1, -0.05) is 24.4 Å². The number of carbonyl (C=O) groups is 1. The highest BCUT2D eigenvalue weighted by molar-refractivity contribution is 9.10. The van der Waals surface area contributed by atoms with Gasteiger partial charge in [0.1, 0.15) is 0 Å². The first-order valence-electron chi connectivity index (χ1n) is 6.50. The van der Waals surface area contributed by atoms with E-state index in [2.05, 4.69) is 15.9 Å². The van der Waals surface area contributed by atoms with Crippen LogP contribution in [0.5, 0.6) is 0 Å². The van der Waals surface area contributed by atoms with Gasteiger partial charge in [-0.25, -0.2) is 0 Å². The van der Waals surface area contributed by atoms with E-state index >= 15 is 0 Å². The Kier molecular flexibility index (Phi) is 5.25. The third-order valence-electron chi connectivity index (χ3n) is 3.51. The number of halogens is 2. The number of aliphatic hydroxyl groups is 1. The van der Waals surface area contributed by atoms with Crippen LogP contribution in [0.1, 0.15) is 36.0 Å². The van der Waals surface area contributed by atoms with Crippen molar-refractivity contribution in [1.29, 1.82) is 0 Å². The van der Waals surface area contributed by atoms with Crippen LogP contribution >= 0.6 is 27.5 Å². The molecule has 19 heavy (non-hydrogen) atoms. The van der Waals surface area contributed by atoms with Gasteiger partial charge in [-0.15, -0.1) is 0 Å². The van der Waals surface area contributed by atoms with Gasteiger partial charge >= 0.3 is 0 Å². The third-order valence-corrected chi connectivity index (χ3v) is 4.43. The van der Waals surface area contributed by atoms with Crippen LogP contribution in [0.15, 0.2) is 22.7 Å². The molecule has 0 bridgehead atoms. The second kappa shape index (κ2) is 6.73. The van der Waals surface area contributed by atoms with Crippen LogP contribution in [-0.2, 0) is 0 Å². The highest BCUT2D eigenvalue weighted by Gasteiger charge is 2.26. The molecule has 5 heteroatoms. The van der Waals surface area contributed by atoms with Gasteiger partial charge in [0.2, 0.25) is 0 Å². The van der Waals surface area contributed by atoms with Gasteiger partial charge in [0.15, 0.2) is 0 Å². The highest BCUT2D eigenvalue weighted by Crippen LogP contribution is 2.25. The van der Waals surface area contributed by atoms with Crippen LogP contribution in [0.4, 0.5) is 0 Å². The van der Waals surface area contributed by atoms with Gasteiger partial charge in [0.05, 0.1) is 18.2 Å². The lowest BCUT2D eigenvalue weighted by atomic mass is 10.1. The van der Waals surface area contributed by atoms with E-state index in [1.54, 1.807) is 23.1 Å². The highest BCUT2D eigenvalue weighted by atomic mass is 79.9. The molecule has 0 aromatic heterocycles. The zero-order valence-electron chi connectivity index (χ0n) is 10.6. The first-order chi connectivity index (χ1) is 9.13. The molecule has 1 saturated heterocycles. The molecule has 104 valence electrons. The van der Waals surface area contributed by atoms with Gasteiger partial charge in [0.25, 0.3) is 5.91 Å². The largest absolute Gasteiger partial charge is 0.394 e. The van der Waals surface area contributed by atoms with Crippen molar-refractivity contribution in [3.8, 4) is 0 Å². The third kappa shape index (κ3) is 3.50. The number of rotatable bonds is 2. The Balaban J connectivity index is 2.27. The smallest absolute Gasteiger partial charge is 0.255 e. The van der Waals surface area contributed by atoms with Crippen LogP contribution in [0.2, 0.25) is 5.02 Å². The normalized spacial score (nSPS) is 20.2. The predicted molar refractivity (Wildman–Crippen MR) is 79.5 cm³/mol. The fourth-order valence-corrected chi connectivity index (χ4v) is 3.04. The van der Waals surface area contributed by atoms with Crippen LogP contribution in [0, 0.1) is 0 Å². The molecule has 1 fully saturated rings. The molecule has 1 aliphatic heterocycles. The summed E-state index contributed by atoms with van der Waals surface area (Å²) in [5.74, 6) is -0.0599. The molecule has 0 radical (unpaired) electrons. The van der Waals surface area contributed by atoms with Crippen molar-refractivity contribution >= 4 is 33.4 Å². The van der Waals surface area contributed by atoms with E-state index in [9.17, 15) is 9.90 Å².